The number of hydrogen-bond donors (Lipinski definition) is 0. The van der Waals surface area contributed by atoms with Gasteiger partial charge in [-0.1, -0.05) is 0 Å². The molecule has 0 aliphatic carbocycles. The second-order valence-corrected chi connectivity index (χ2v) is 21.6. The first kappa shape index (κ1) is 24.0. The number of epoxide rings is 1. The summed E-state index contributed by atoms with van der Waals surface area (Å²) in [4.78, 5) is 0. The first-order chi connectivity index (χ1) is 12.7. The summed E-state index contributed by atoms with van der Waals surface area (Å²) in [5.41, 5.74) is 0. The van der Waals surface area contributed by atoms with Gasteiger partial charge in [-0.15, -0.1) is 0 Å². The molecule has 0 spiro atoms. The normalized spacial score (nSPS) is 37.7. The topological polar surface area (TPSA) is 86.4 Å². The molecule has 0 aromatic carbocycles. The van der Waals surface area contributed by atoms with E-state index in [1.165, 1.54) is 0 Å². The van der Waals surface area contributed by atoms with E-state index in [2.05, 4.69) is 6.55 Å². The van der Waals surface area contributed by atoms with E-state index in [0.717, 1.165) is 6.61 Å². The summed E-state index contributed by atoms with van der Waals surface area (Å²) >= 11 is 0. The Hall–Kier alpha value is 0.724. The minimum absolute atomic E-state index is 0.214. The van der Waals surface area contributed by atoms with E-state index in [4.69, 9.17) is 39.2 Å². The molecule has 0 radical (unpaired) electrons. The van der Waals surface area contributed by atoms with Crippen molar-refractivity contribution in [2.24, 2.45) is 0 Å². The molecule has 0 aromatic rings. The van der Waals surface area contributed by atoms with Gasteiger partial charge in [0.2, 0.25) is 0 Å². The lowest BCUT2D eigenvalue weighted by atomic mass is 10.5. The van der Waals surface area contributed by atoms with Crippen LogP contribution in [0.25, 0.3) is 0 Å². The van der Waals surface area contributed by atoms with Gasteiger partial charge in [-0.3, -0.25) is 0 Å². The smallest absolute Gasteiger partial charge is 0.420 e. The molecule has 160 valence electrons. The van der Waals surface area contributed by atoms with Crippen LogP contribution in [-0.2, 0) is 39.2 Å². The standard InChI is InChI=1S/C13H34O9Si5/c1-14-27(15-2,16-3)9-8-25(6)20-23(4)19-24(5)21-26(7,22-25)12-17-10-13-11-18-13/h13,23-24H,8-12H2,1-7H3. The third-order valence-electron chi connectivity index (χ3n) is 4.53. The van der Waals surface area contributed by atoms with Gasteiger partial charge in [0, 0.05) is 27.4 Å². The third kappa shape index (κ3) is 7.48. The molecular formula is C13H34O9Si5. The van der Waals surface area contributed by atoms with E-state index in [1.807, 2.05) is 19.6 Å². The second kappa shape index (κ2) is 10.2. The van der Waals surface area contributed by atoms with Gasteiger partial charge >= 0.3 is 25.9 Å². The maximum atomic E-state index is 6.65. The summed E-state index contributed by atoms with van der Waals surface area (Å²) < 4.78 is 53.2. The first-order valence-electron chi connectivity index (χ1n) is 9.23. The Kier molecular flexibility index (Phi) is 9.03. The summed E-state index contributed by atoms with van der Waals surface area (Å²) in [6.45, 7) is 9.49. The maximum absolute atomic E-state index is 6.65. The van der Waals surface area contributed by atoms with Gasteiger partial charge in [-0.05, 0) is 32.2 Å². The SMILES string of the molecule is CO[Si](CC[Si]1(C)O[SiH](C)O[SiH](C)O[Si](C)(COCC2CO2)O1)(OC)OC. The van der Waals surface area contributed by atoms with Gasteiger partial charge in [-0.25, -0.2) is 0 Å². The highest BCUT2D eigenvalue weighted by Gasteiger charge is 2.50. The molecule has 0 amide bonds. The maximum Gasteiger partial charge on any atom is 0.500 e. The van der Waals surface area contributed by atoms with Crippen LogP contribution in [0.2, 0.25) is 38.3 Å². The van der Waals surface area contributed by atoms with E-state index < -0.39 is 44.5 Å². The third-order valence-corrected chi connectivity index (χ3v) is 22.8. The Bertz CT molecular complexity index is 461. The molecule has 2 heterocycles. The predicted molar refractivity (Wildman–Crippen MR) is 111 cm³/mol. The number of ether oxygens (including phenoxy) is 2. The molecule has 2 rings (SSSR count). The van der Waals surface area contributed by atoms with Crippen molar-refractivity contribution in [2.45, 2.75) is 44.4 Å². The average molecular weight is 475 g/mol. The van der Waals surface area contributed by atoms with E-state index in [1.54, 1.807) is 21.3 Å². The van der Waals surface area contributed by atoms with Crippen molar-refractivity contribution < 1.29 is 39.2 Å². The summed E-state index contributed by atoms with van der Waals surface area (Å²) in [7, 11) is -6.69. The Labute approximate surface area is 169 Å². The summed E-state index contributed by atoms with van der Waals surface area (Å²) in [5.74, 6) is 0. The fourth-order valence-corrected chi connectivity index (χ4v) is 23.3. The molecule has 9 nitrogen and oxygen atoms in total. The van der Waals surface area contributed by atoms with Gasteiger partial charge in [0.15, 0.2) is 0 Å². The van der Waals surface area contributed by atoms with Crippen molar-refractivity contribution in [3.63, 3.8) is 0 Å². The van der Waals surface area contributed by atoms with Crippen molar-refractivity contribution in [3.8, 4) is 0 Å². The van der Waals surface area contributed by atoms with Crippen molar-refractivity contribution >= 4 is 44.5 Å². The van der Waals surface area contributed by atoms with Crippen LogP contribution in [0, 0.1) is 0 Å². The van der Waals surface area contributed by atoms with E-state index >= 15 is 0 Å². The van der Waals surface area contributed by atoms with E-state index in [0.29, 0.717) is 24.9 Å². The van der Waals surface area contributed by atoms with Gasteiger partial charge in [0.05, 0.1) is 19.4 Å². The largest absolute Gasteiger partial charge is 0.500 e. The van der Waals surface area contributed by atoms with Crippen LogP contribution in [0.5, 0.6) is 0 Å². The fraction of sp³-hybridized carbons (Fsp3) is 1.00. The zero-order valence-electron chi connectivity index (χ0n) is 17.4. The molecule has 14 heteroatoms. The van der Waals surface area contributed by atoms with Gasteiger partial charge in [0.25, 0.3) is 18.6 Å². The summed E-state index contributed by atoms with van der Waals surface area (Å²) in [6.07, 6.45) is 0.655. The van der Waals surface area contributed by atoms with E-state index in [-0.39, 0.29) is 6.10 Å². The molecule has 2 fully saturated rings. The Balaban J connectivity index is 2.07. The monoisotopic (exact) mass is 474 g/mol. The minimum Gasteiger partial charge on any atom is -0.420 e. The van der Waals surface area contributed by atoms with Crippen molar-refractivity contribution in [3.05, 3.63) is 0 Å². The summed E-state index contributed by atoms with van der Waals surface area (Å²) in [5, 5.41) is 0. The highest BCUT2D eigenvalue weighted by atomic mass is 28.5. The van der Waals surface area contributed by atoms with Crippen LogP contribution in [0.15, 0.2) is 0 Å². The molecule has 5 unspecified atom stereocenters. The molecular weight excluding hydrogens is 441 g/mol. The summed E-state index contributed by atoms with van der Waals surface area (Å²) in [6, 6.07) is 1.30. The van der Waals surface area contributed by atoms with Crippen LogP contribution in [0.3, 0.4) is 0 Å². The molecule has 0 saturated carbocycles. The quantitative estimate of drug-likeness (QED) is 0.336. The van der Waals surface area contributed by atoms with Crippen LogP contribution in [0.1, 0.15) is 0 Å². The Morgan fingerprint density at radius 2 is 1.56 bits per heavy atom. The molecule has 0 bridgehead atoms. The van der Waals surface area contributed by atoms with Gasteiger partial charge in [0.1, 0.15) is 6.10 Å². The van der Waals surface area contributed by atoms with Crippen LogP contribution >= 0.6 is 0 Å². The van der Waals surface area contributed by atoms with Gasteiger partial charge in [-0.2, -0.15) is 0 Å². The molecule has 0 N–H and O–H groups in total. The molecule has 27 heavy (non-hydrogen) atoms. The molecule has 5 atom stereocenters. The van der Waals surface area contributed by atoms with E-state index in [9.17, 15) is 0 Å². The molecule has 2 aliphatic rings. The zero-order chi connectivity index (χ0) is 20.1. The zero-order valence-corrected chi connectivity index (χ0v) is 22.8. The number of rotatable bonds is 10. The molecule has 2 saturated heterocycles. The van der Waals surface area contributed by atoms with Crippen LogP contribution in [-0.4, -0.2) is 91.4 Å². The highest BCUT2D eigenvalue weighted by molar-refractivity contribution is 6.87. The van der Waals surface area contributed by atoms with Crippen molar-refractivity contribution in [1.29, 1.82) is 0 Å². The Morgan fingerprint density at radius 1 is 1.00 bits per heavy atom. The highest BCUT2D eigenvalue weighted by Crippen LogP contribution is 2.30. The predicted octanol–water partition coefficient (Wildman–Crippen LogP) is 0.744. The van der Waals surface area contributed by atoms with Crippen molar-refractivity contribution in [1.82, 2.24) is 0 Å². The second-order valence-electron chi connectivity index (χ2n) is 7.14. The van der Waals surface area contributed by atoms with Crippen LogP contribution < -0.4 is 0 Å². The minimum atomic E-state index is -2.71. The Morgan fingerprint density at radius 3 is 2.07 bits per heavy atom. The first-order valence-corrected chi connectivity index (χ1v) is 20.4. The number of hydrogen-bond acceptors (Lipinski definition) is 9. The van der Waals surface area contributed by atoms with Crippen molar-refractivity contribution in [2.75, 3.05) is 40.8 Å². The lowest BCUT2D eigenvalue weighted by Gasteiger charge is -2.43. The lowest BCUT2D eigenvalue weighted by Crippen LogP contribution is -2.62. The average Bonchev–Trinajstić information content (AvgIpc) is 3.39. The molecule has 2 aliphatic heterocycles. The van der Waals surface area contributed by atoms with Crippen LogP contribution in [0.4, 0.5) is 0 Å². The lowest BCUT2D eigenvalue weighted by molar-refractivity contribution is 0.120. The van der Waals surface area contributed by atoms with Gasteiger partial charge < -0.3 is 39.2 Å². The molecule has 0 aromatic heterocycles. The fourth-order valence-electron chi connectivity index (χ4n) is 3.18.